The second-order valence-corrected chi connectivity index (χ2v) is 8.02. The summed E-state index contributed by atoms with van der Waals surface area (Å²) >= 11 is 6.45. The van der Waals surface area contributed by atoms with Crippen LogP contribution in [0.15, 0.2) is 10.6 Å². The minimum Gasteiger partial charge on any atom is -0.349 e. The fourth-order valence-electron chi connectivity index (χ4n) is 4.18. The van der Waals surface area contributed by atoms with Gasteiger partial charge in [0.05, 0.1) is 18.5 Å². The van der Waals surface area contributed by atoms with Crippen molar-refractivity contribution in [3.63, 3.8) is 0 Å². The minimum atomic E-state index is -0.371. The molecule has 0 saturated carbocycles. The van der Waals surface area contributed by atoms with Crippen molar-refractivity contribution in [2.75, 3.05) is 19.6 Å². The molecular weight excluding hydrogens is 370 g/mol. The number of piperidine rings is 2. The van der Waals surface area contributed by atoms with Crippen molar-refractivity contribution < 1.29 is 14.3 Å². The molecule has 8 nitrogen and oxygen atoms in total. The molecule has 146 valence electrons. The maximum absolute atomic E-state index is 12.5. The highest BCUT2D eigenvalue weighted by Crippen LogP contribution is 2.31. The van der Waals surface area contributed by atoms with Gasteiger partial charge in [-0.15, -0.1) is 0 Å². The average molecular weight is 395 g/mol. The first-order valence-corrected chi connectivity index (χ1v) is 9.81. The SMILES string of the molecule is C[C@H](NC(=O)CC1=C(Cl)C2CNCCC2NC1=O)C1CCC(C#N)C[N+]1=O. The number of carbonyl (C=O) groups excluding carboxylic acids is 2. The highest BCUT2D eigenvalue weighted by Gasteiger charge is 2.40. The number of fused-ring (bicyclic) bond motifs is 1. The monoisotopic (exact) mass is 394 g/mol. The summed E-state index contributed by atoms with van der Waals surface area (Å²) in [6.07, 6.45) is 1.91. The smallest absolute Gasteiger partial charge is 0.249 e. The second-order valence-electron chi connectivity index (χ2n) is 7.61. The van der Waals surface area contributed by atoms with E-state index < -0.39 is 0 Å². The van der Waals surface area contributed by atoms with Gasteiger partial charge in [0.25, 0.3) is 0 Å². The molecule has 0 aliphatic carbocycles. The third-order valence-electron chi connectivity index (χ3n) is 5.75. The Balaban J connectivity index is 1.61. The zero-order valence-corrected chi connectivity index (χ0v) is 16.1. The predicted octanol–water partition coefficient (Wildman–Crippen LogP) is 0.563. The number of nitrogens with zero attached hydrogens (tertiary/aromatic N) is 2. The van der Waals surface area contributed by atoms with Crippen molar-refractivity contribution in [1.82, 2.24) is 16.0 Å². The Morgan fingerprint density at radius 1 is 1.44 bits per heavy atom. The van der Waals surface area contributed by atoms with Gasteiger partial charge >= 0.3 is 0 Å². The predicted molar refractivity (Wildman–Crippen MR) is 98.6 cm³/mol. The van der Waals surface area contributed by atoms with Crippen LogP contribution in [0.25, 0.3) is 0 Å². The quantitative estimate of drug-likeness (QED) is 0.603. The summed E-state index contributed by atoms with van der Waals surface area (Å²) in [7, 11) is 0. The zero-order valence-electron chi connectivity index (χ0n) is 15.3. The molecule has 0 aromatic carbocycles. The van der Waals surface area contributed by atoms with Crippen LogP contribution in [0, 0.1) is 28.1 Å². The Morgan fingerprint density at radius 2 is 2.22 bits per heavy atom. The molecule has 3 aliphatic rings. The van der Waals surface area contributed by atoms with Gasteiger partial charge in [0.1, 0.15) is 5.92 Å². The summed E-state index contributed by atoms with van der Waals surface area (Å²) in [6, 6.07) is 1.40. The van der Waals surface area contributed by atoms with Gasteiger partial charge in [0, 0.05) is 45.2 Å². The number of rotatable bonds is 4. The van der Waals surface area contributed by atoms with E-state index in [9.17, 15) is 14.5 Å². The van der Waals surface area contributed by atoms with Crippen LogP contribution in [0.2, 0.25) is 0 Å². The molecule has 27 heavy (non-hydrogen) atoms. The van der Waals surface area contributed by atoms with Crippen molar-refractivity contribution in [3.8, 4) is 6.07 Å². The Bertz CT molecular complexity index is 716. The number of hydrogen-bond donors (Lipinski definition) is 3. The van der Waals surface area contributed by atoms with Crippen LogP contribution in [0.1, 0.15) is 32.6 Å². The Labute approximate surface area is 163 Å². The summed E-state index contributed by atoms with van der Waals surface area (Å²) < 4.78 is 0.889. The molecule has 0 bridgehead atoms. The van der Waals surface area contributed by atoms with Crippen LogP contribution < -0.4 is 16.0 Å². The maximum Gasteiger partial charge on any atom is 0.249 e. The van der Waals surface area contributed by atoms with Crippen molar-refractivity contribution in [3.05, 3.63) is 15.5 Å². The number of halogens is 1. The summed E-state index contributed by atoms with van der Waals surface area (Å²) in [5.74, 6) is -0.875. The lowest BCUT2D eigenvalue weighted by atomic mass is 9.86. The van der Waals surface area contributed by atoms with Crippen LogP contribution in [0.4, 0.5) is 0 Å². The lowest BCUT2D eigenvalue weighted by molar-refractivity contribution is -0.603. The summed E-state index contributed by atoms with van der Waals surface area (Å²) in [4.78, 5) is 37.0. The molecule has 3 N–H and O–H groups in total. The molecule has 4 unspecified atom stereocenters. The van der Waals surface area contributed by atoms with E-state index in [1.807, 2.05) is 0 Å². The van der Waals surface area contributed by atoms with Crippen LogP contribution in [-0.2, 0) is 9.59 Å². The number of nitroso groups, excluding NO2 is 1. The van der Waals surface area contributed by atoms with Crippen molar-refractivity contribution in [1.29, 1.82) is 5.26 Å². The van der Waals surface area contributed by atoms with Gasteiger partial charge in [-0.1, -0.05) is 11.6 Å². The Morgan fingerprint density at radius 3 is 2.93 bits per heavy atom. The third-order valence-corrected chi connectivity index (χ3v) is 6.26. The topological polar surface area (TPSA) is 114 Å². The Hall–Kier alpha value is -1.98. The van der Waals surface area contributed by atoms with E-state index in [4.69, 9.17) is 16.9 Å². The highest BCUT2D eigenvalue weighted by atomic mass is 35.5. The number of amides is 2. The first-order valence-electron chi connectivity index (χ1n) is 9.43. The number of carbonyl (C=O) groups is 2. The van der Waals surface area contributed by atoms with Gasteiger partial charge in [-0.05, 0) is 26.3 Å². The van der Waals surface area contributed by atoms with E-state index in [0.29, 0.717) is 30.0 Å². The van der Waals surface area contributed by atoms with Gasteiger partial charge in [-0.3, -0.25) is 9.59 Å². The fraction of sp³-hybridized carbons (Fsp3) is 0.722. The van der Waals surface area contributed by atoms with Crippen molar-refractivity contribution in [2.24, 2.45) is 11.8 Å². The molecule has 3 rings (SSSR count). The van der Waals surface area contributed by atoms with E-state index in [2.05, 4.69) is 22.0 Å². The summed E-state index contributed by atoms with van der Waals surface area (Å²) in [6.45, 7) is 3.45. The van der Waals surface area contributed by atoms with Crippen LogP contribution >= 0.6 is 11.6 Å². The Kier molecular flexibility index (Phi) is 6.12. The average Bonchev–Trinajstić information content (AvgIpc) is 2.64. The van der Waals surface area contributed by atoms with Crippen LogP contribution in [0.5, 0.6) is 0 Å². The molecule has 0 aromatic rings. The van der Waals surface area contributed by atoms with E-state index in [1.54, 1.807) is 6.92 Å². The fourth-order valence-corrected chi connectivity index (χ4v) is 4.56. The van der Waals surface area contributed by atoms with Gasteiger partial charge < -0.3 is 16.0 Å². The molecule has 3 aliphatic heterocycles. The molecular formula is C18H25ClN5O3+. The van der Waals surface area contributed by atoms with E-state index >= 15 is 0 Å². The molecule has 0 spiro atoms. The maximum atomic E-state index is 12.5. The number of nitriles is 1. The van der Waals surface area contributed by atoms with Gasteiger partial charge in [0.15, 0.2) is 0 Å². The van der Waals surface area contributed by atoms with E-state index in [0.717, 1.165) is 17.7 Å². The molecule has 5 atom stereocenters. The van der Waals surface area contributed by atoms with E-state index in [1.165, 1.54) is 0 Å². The lowest BCUT2D eigenvalue weighted by Crippen LogP contribution is -2.54. The van der Waals surface area contributed by atoms with Crippen LogP contribution in [0.3, 0.4) is 0 Å². The summed E-state index contributed by atoms with van der Waals surface area (Å²) in [5.41, 5.74) is 0.304. The summed E-state index contributed by atoms with van der Waals surface area (Å²) in [5, 5.41) is 18.4. The van der Waals surface area contributed by atoms with Crippen molar-refractivity contribution >= 4 is 23.4 Å². The van der Waals surface area contributed by atoms with E-state index in [-0.39, 0.29) is 54.7 Å². The molecule has 2 amide bonds. The first kappa shape index (κ1) is 19.8. The highest BCUT2D eigenvalue weighted by molar-refractivity contribution is 6.33. The van der Waals surface area contributed by atoms with Gasteiger partial charge in [-0.2, -0.15) is 5.26 Å². The molecule has 0 aromatic heterocycles. The first-order chi connectivity index (χ1) is 12.9. The van der Waals surface area contributed by atoms with Gasteiger partial charge in [-0.25, -0.2) is 0 Å². The second kappa shape index (κ2) is 8.36. The molecule has 3 heterocycles. The molecule has 2 fully saturated rings. The molecule has 9 heteroatoms. The normalized spacial score (nSPS) is 32.2. The number of hydrogen-bond acceptors (Lipinski definition) is 5. The molecule has 2 saturated heterocycles. The zero-order chi connectivity index (χ0) is 19.6. The minimum absolute atomic E-state index is 0.00302. The number of nitrogens with one attached hydrogen (secondary N) is 3. The van der Waals surface area contributed by atoms with Gasteiger partial charge in [0.2, 0.25) is 24.4 Å². The third kappa shape index (κ3) is 4.30. The van der Waals surface area contributed by atoms with Crippen molar-refractivity contribution in [2.45, 2.75) is 50.7 Å². The molecule has 0 radical (unpaired) electrons. The van der Waals surface area contributed by atoms with Crippen LogP contribution in [-0.4, -0.2) is 54.3 Å². The standard InChI is InChI=1S/C18H24ClN5O3/c1-10(15-3-2-11(7-20)9-24(15)27)22-16(25)6-12-17(19)13-8-21-5-4-14(13)23-18(12)26/h10-11,13-15,21H,2-6,8-9H2,1H3,(H-,22,23,25,26)/p+1/t10-,11?,13?,14?,15?/m0/s1. The lowest BCUT2D eigenvalue weighted by Gasteiger charge is -2.37. The largest absolute Gasteiger partial charge is 0.349 e.